The zero-order valence-electron chi connectivity index (χ0n) is 7.01. The number of hydrogen-bond donors (Lipinski definition) is 4. The average Bonchev–Trinajstić information content (AvgIpc) is 2.01. The molecule has 0 saturated carbocycles. The summed E-state index contributed by atoms with van der Waals surface area (Å²) in [5.41, 5.74) is -2.03. The van der Waals surface area contributed by atoms with Crippen molar-refractivity contribution in [1.82, 2.24) is 0 Å². The summed E-state index contributed by atoms with van der Waals surface area (Å²) in [4.78, 5) is 10.2. The smallest absolute Gasteiger partial charge is 0.154 e. The zero-order chi connectivity index (χ0) is 9.94. The summed E-state index contributed by atoms with van der Waals surface area (Å²) in [6.45, 7) is 2.30. The van der Waals surface area contributed by atoms with Gasteiger partial charge in [-0.3, -0.25) is 0 Å². The lowest BCUT2D eigenvalue weighted by molar-refractivity contribution is -0.155. The highest BCUT2D eigenvalue weighted by molar-refractivity contribution is 5.62. The van der Waals surface area contributed by atoms with Crippen LogP contribution in [0.15, 0.2) is 0 Å². The van der Waals surface area contributed by atoms with Crippen LogP contribution in [-0.4, -0.2) is 50.6 Å². The Balaban J connectivity index is 4.37. The summed E-state index contributed by atoms with van der Waals surface area (Å²) in [6.07, 6.45) is -4.31. The van der Waals surface area contributed by atoms with Gasteiger partial charge < -0.3 is 25.2 Å². The zero-order valence-corrected chi connectivity index (χ0v) is 7.01. The third-order valence-electron chi connectivity index (χ3n) is 1.66. The average molecular weight is 178 g/mol. The molecular formula is C7H14O5. The van der Waals surface area contributed by atoms with E-state index in [4.69, 9.17) is 20.4 Å². The molecule has 0 radical (unpaired) electrons. The van der Waals surface area contributed by atoms with Gasteiger partial charge in [0, 0.05) is 0 Å². The van der Waals surface area contributed by atoms with Gasteiger partial charge in [-0.1, -0.05) is 0 Å². The molecule has 0 aliphatic heterocycles. The summed E-state index contributed by atoms with van der Waals surface area (Å²) < 4.78 is 0. The van der Waals surface area contributed by atoms with Gasteiger partial charge in [0.2, 0.25) is 0 Å². The summed E-state index contributed by atoms with van der Waals surface area (Å²) >= 11 is 0. The highest BCUT2D eigenvalue weighted by atomic mass is 16.4. The highest BCUT2D eigenvalue weighted by Gasteiger charge is 2.37. The molecule has 0 amide bonds. The molecule has 0 aliphatic carbocycles. The van der Waals surface area contributed by atoms with E-state index in [1.165, 1.54) is 6.92 Å². The van der Waals surface area contributed by atoms with Crippen molar-refractivity contribution in [3.63, 3.8) is 0 Å². The summed E-state index contributed by atoms with van der Waals surface area (Å²) in [5.74, 6) is 0. The molecule has 0 aromatic rings. The van der Waals surface area contributed by atoms with E-state index in [2.05, 4.69) is 0 Å². The Hall–Kier alpha value is -0.490. The van der Waals surface area contributed by atoms with Gasteiger partial charge in [0.15, 0.2) is 6.29 Å². The van der Waals surface area contributed by atoms with Crippen LogP contribution in [0.1, 0.15) is 13.8 Å². The van der Waals surface area contributed by atoms with Crippen LogP contribution in [-0.2, 0) is 4.79 Å². The first-order chi connectivity index (χ1) is 5.33. The number of carbonyl (C=O) groups excluding carboxylic acids is 1. The Kier molecular flexibility index (Phi) is 3.79. The van der Waals surface area contributed by atoms with E-state index in [1.54, 1.807) is 0 Å². The van der Waals surface area contributed by atoms with Crippen molar-refractivity contribution in [3.8, 4) is 0 Å². The molecular weight excluding hydrogens is 164 g/mol. The molecule has 4 N–H and O–H groups in total. The molecule has 0 rings (SSSR count). The van der Waals surface area contributed by atoms with Gasteiger partial charge in [-0.25, -0.2) is 0 Å². The van der Waals surface area contributed by atoms with E-state index in [0.29, 0.717) is 0 Å². The van der Waals surface area contributed by atoms with Crippen molar-refractivity contribution in [3.05, 3.63) is 0 Å². The highest BCUT2D eigenvalue weighted by Crippen LogP contribution is 2.12. The Bertz CT molecular complexity index is 154. The number of carbonyl (C=O) groups is 1. The lowest BCUT2D eigenvalue weighted by atomic mass is 9.94. The second kappa shape index (κ2) is 3.95. The van der Waals surface area contributed by atoms with Gasteiger partial charge >= 0.3 is 0 Å². The topological polar surface area (TPSA) is 98.0 Å². The van der Waals surface area contributed by atoms with Gasteiger partial charge in [-0.2, -0.15) is 0 Å². The maximum atomic E-state index is 10.2. The van der Waals surface area contributed by atoms with E-state index in [-0.39, 0.29) is 6.29 Å². The first kappa shape index (κ1) is 11.5. The molecule has 4 atom stereocenters. The van der Waals surface area contributed by atoms with E-state index < -0.39 is 23.9 Å². The fourth-order valence-corrected chi connectivity index (χ4v) is 0.679. The van der Waals surface area contributed by atoms with Crippen molar-refractivity contribution < 1.29 is 25.2 Å². The summed E-state index contributed by atoms with van der Waals surface area (Å²) in [5, 5.41) is 36.1. The minimum absolute atomic E-state index is 0.114. The second-order valence-electron chi connectivity index (χ2n) is 3.02. The van der Waals surface area contributed by atoms with Crippen LogP contribution in [0.5, 0.6) is 0 Å². The molecule has 72 valence electrons. The minimum Gasteiger partial charge on any atom is -0.391 e. The Labute approximate surface area is 70.3 Å². The number of hydrogen-bond acceptors (Lipinski definition) is 5. The predicted molar refractivity (Wildman–Crippen MR) is 40.4 cm³/mol. The van der Waals surface area contributed by atoms with E-state index >= 15 is 0 Å². The largest absolute Gasteiger partial charge is 0.391 e. The third kappa shape index (κ3) is 2.53. The van der Waals surface area contributed by atoms with Crippen LogP contribution in [0.25, 0.3) is 0 Å². The van der Waals surface area contributed by atoms with Crippen molar-refractivity contribution in [2.24, 2.45) is 0 Å². The van der Waals surface area contributed by atoms with Crippen molar-refractivity contribution in [1.29, 1.82) is 0 Å². The maximum Gasteiger partial charge on any atom is 0.154 e. The van der Waals surface area contributed by atoms with Gasteiger partial charge in [0.1, 0.15) is 17.8 Å². The molecule has 0 aliphatic rings. The molecule has 0 aromatic heterocycles. The fraction of sp³-hybridized carbons (Fsp3) is 0.857. The first-order valence-electron chi connectivity index (χ1n) is 3.56. The molecule has 0 heterocycles. The lowest BCUT2D eigenvalue weighted by Gasteiger charge is -2.28. The van der Waals surface area contributed by atoms with E-state index in [1.807, 2.05) is 0 Å². The molecule has 0 spiro atoms. The van der Waals surface area contributed by atoms with Gasteiger partial charge in [-0.05, 0) is 13.8 Å². The molecule has 0 fully saturated rings. The molecule has 0 aromatic carbocycles. The number of aliphatic hydroxyl groups is 4. The Morgan fingerprint density at radius 2 is 1.75 bits per heavy atom. The quantitative estimate of drug-likeness (QED) is 0.375. The van der Waals surface area contributed by atoms with Crippen LogP contribution >= 0.6 is 0 Å². The molecule has 12 heavy (non-hydrogen) atoms. The summed E-state index contributed by atoms with van der Waals surface area (Å²) in [6, 6.07) is 0. The Morgan fingerprint density at radius 3 is 2.00 bits per heavy atom. The van der Waals surface area contributed by atoms with Crippen molar-refractivity contribution in [2.45, 2.75) is 37.8 Å². The maximum absolute atomic E-state index is 10.2. The monoisotopic (exact) mass is 178 g/mol. The first-order valence-corrected chi connectivity index (χ1v) is 3.56. The van der Waals surface area contributed by atoms with Gasteiger partial charge in [0.25, 0.3) is 0 Å². The summed E-state index contributed by atoms with van der Waals surface area (Å²) in [7, 11) is 0. The van der Waals surface area contributed by atoms with Crippen LogP contribution in [0.4, 0.5) is 0 Å². The van der Waals surface area contributed by atoms with E-state index in [0.717, 1.165) is 6.92 Å². The number of aldehydes is 1. The second-order valence-corrected chi connectivity index (χ2v) is 3.02. The lowest BCUT2D eigenvalue weighted by Crippen LogP contribution is -2.51. The standard InChI is InChI=1S/C7H14O5/c1-4(9)5(10)6(11)7(2,12)3-8/h3-6,9-12H,1-2H3/t4-,5-,6+,7-/m0/s1. The molecule has 5 heteroatoms. The Morgan fingerprint density at radius 1 is 1.33 bits per heavy atom. The van der Waals surface area contributed by atoms with Crippen LogP contribution in [0.3, 0.4) is 0 Å². The third-order valence-corrected chi connectivity index (χ3v) is 1.66. The van der Waals surface area contributed by atoms with E-state index in [9.17, 15) is 4.79 Å². The SMILES string of the molecule is C[C@H](O)[C@H](O)[C@@H](O)[C@@](C)(O)C=O. The predicted octanol–water partition coefficient (Wildman–Crippen LogP) is -1.96. The van der Waals surface area contributed by atoms with Crippen LogP contribution < -0.4 is 0 Å². The fourth-order valence-electron chi connectivity index (χ4n) is 0.679. The molecule has 0 bridgehead atoms. The van der Waals surface area contributed by atoms with Crippen LogP contribution in [0.2, 0.25) is 0 Å². The van der Waals surface area contributed by atoms with Crippen LogP contribution in [0, 0.1) is 0 Å². The minimum atomic E-state index is -2.03. The van der Waals surface area contributed by atoms with Crippen molar-refractivity contribution in [2.75, 3.05) is 0 Å². The normalized spacial score (nSPS) is 23.8. The number of rotatable bonds is 4. The van der Waals surface area contributed by atoms with Gasteiger partial charge in [-0.15, -0.1) is 0 Å². The molecule has 0 unspecified atom stereocenters. The molecule has 5 nitrogen and oxygen atoms in total. The molecule has 0 saturated heterocycles. The number of aliphatic hydroxyl groups excluding tert-OH is 3. The van der Waals surface area contributed by atoms with Crippen molar-refractivity contribution >= 4 is 6.29 Å². The van der Waals surface area contributed by atoms with Gasteiger partial charge in [0.05, 0.1) is 6.10 Å².